The number of aromatic nitrogens is 1. The topological polar surface area (TPSA) is 65.2 Å². The van der Waals surface area contributed by atoms with E-state index in [2.05, 4.69) is 10.3 Å². The summed E-state index contributed by atoms with van der Waals surface area (Å²) in [5.74, 6) is -0.0249. The number of hydrogen-bond acceptors (Lipinski definition) is 3. The van der Waals surface area contributed by atoms with Crippen molar-refractivity contribution in [3.05, 3.63) is 81.1 Å². The molecule has 1 aromatic heterocycles. The van der Waals surface area contributed by atoms with Crippen molar-refractivity contribution in [2.75, 3.05) is 13.1 Å². The van der Waals surface area contributed by atoms with E-state index in [1.807, 2.05) is 0 Å². The van der Waals surface area contributed by atoms with Crippen LogP contribution in [-0.2, 0) is 30.2 Å². The minimum Gasteiger partial charge on any atom is -0.333 e. The third-order valence-corrected chi connectivity index (χ3v) is 7.57. The number of rotatable bonds is 7. The third-order valence-electron chi connectivity index (χ3n) is 7.57. The van der Waals surface area contributed by atoms with Gasteiger partial charge in [-0.25, -0.2) is 0 Å². The summed E-state index contributed by atoms with van der Waals surface area (Å²) >= 11 is 0. The zero-order valence-electron chi connectivity index (χ0n) is 20.9. The molecule has 0 radical (unpaired) electrons. The fourth-order valence-electron chi connectivity index (χ4n) is 5.44. The molecule has 1 aliphatic carbocycles. The van der Waals surface area contributed by atoms with Gasteiger partial charge in [0.25, 0.3) is 5.56 Å². The second-order valence-electron chi connectivity index (χ2n) is 10.6. The number of hydrogen-bond donors (Lipinski definition) is 2. The number of carbonyl (C=O) groups excluding carboxylic acids is 1. The summed E-state index contributed by atoms with van der Waals surface area (Å²) in [6, 6.07) is 9.93. The van der Waals surface area contributed by atoms with Crippen LogP contribution in [-0.4, -0.2) is 28.9 Å². The standard InChI is InChI=1S/C28H27F6N3O2/c29-27(30,31)21-9-18(10-22(12-21)28(32,33)34)14-37(25(39)26(7-8-35-16-26)13-17-5-6-17)15-20-11-19-3-1-2-4-23(19)36-24(20)38/h1-4,9-12,17,35H,5-8,13-16H2,(H,36,38). The van der Waals surface area contributed by atoms with Crippen LogP contribution in [0.15, 0.2) is 53.3 Å². The maximum atomic E-state index is 14.1. The van der Waals surface area contributed by atoms with E-state index in [1.165, 1.54) is 4.90 Å². The van der Waals surface area contributed by atoms with Gasteiger partial charge in [0, 0.05) is 24.2 Å². The lowest BCUT2D eigenvalue weighted by Gasteiger charge is -2.34. The molecule has 208 valence electrons. The third kappa shape index (κ3) is 5.98. The van der Waals surface area contributed by atoms with E-state index in [0.29, 0.717) is 54.9 Å². The highest BCUT2D eigenvalue weighted by Gasteiger charge is 2.47. The summed E-state index contributed by atoms with van der Waals surface area (Å²) in [6.07, 6.45) is -6.99. The molecule has 1 saturated heterocycles. The van der Waals surface area contributed by atoms with Gasteiger partial charge in [-0.1, -0.05) is 31.0 Å². The summed E-state index contributed by atoms with van der Waals surface area (Å²) in [7, 11) is 0. The van der Waals surface area contributed by atoms with E-state index < -0.39 is 41.0 Å². The Kier molecular flexibility index (Phi) is 6.98. The van der Waals surface area contributed by atoms with Gasteiger partial charge in [0.05, 0.1) is 23.1 Å². The molecule has 2 heterocycles. The molecule has 5 nitrogen and oxygen atoms in total. The van der Waals surface area contributed by atoms with E-state index >= 15 is 0 Å². The lowest BCUT2D eigenvalue weighted by Crippen LogP contribution is -2.45. The van der Waals surface area contributed by atoms with Crippen LogP contribution < -0.4 is 10.9 Å². The van der Waals surface area contributed by atoms with Crippen LogP contribution in [0.4, 0.5) is 26.3 Å². The van der Waals surface area contributed by atoms with Crippen LogP contribution in [0.1, 0.15) is 47.9 Å². The highest BCUT2D eigenvalue weighted by Crippen LogP contribution is 2.45. The molecule has 1 atom stereocenters. The zero-order chi connectivity index (χ0) is 28.0. The predicted octanol–water partition coefficient (Wildman–Crippen LogP) is 5.87. The Balaban J connectivity index is 1.56. The molecule has 0 spiro atoms. The summed E-state index contributed by atoms with van der Waals surface area (Å²) in [4.78, 5) is 31.0. The van der Waals surface area contributed by atoms with Crippen LogP contribution >= 0.6 is 0 Å². The van der Waals surface area contributed by atoms with Crippen LogP contribution in [0, 0.1) is 11.3 Å². The largest absolute Gasteiger partial charge is 0.416 e. The maximum absolute atomic E-state index is 14.1. The lowest BCUT2D eigenvalue weighted by molar-refractivity contribution is -0.143. The average Bonchev–Trinajstić information content (AvgIpc) is 3.55. The van der Waals surface area contributed by atoms with E-state index in [4.69, 9.17) is 0 Å². The molecular weight excluding hydrogens is 524 g/mol. The Morgan fingerprint density at radius 1 is 0.949 bits per heavy atom. The predicted molar refractivity (Wildman–Crippen MR) is 133 cm³/mol. The fraction of sp³-hybridized carbons (Fsp3) is 0.429. The molecule has 1 unspecified atom stereocenters. The number of pyridine rings is 1. The number of halogens is 6. The number of benzene rings is 2. The minimum atomic E-state index is -5.01. The molecule has 2 fully saturated rings. The summed E-state index contributed by atoms with van der Waals surface area (Å²) in [6.45, 7) is 0.168. The normalized spacial score (nSPS) is 19.9. The molecule has 11 heteroatoms. The number of fused-ring (bicyclic) bond motifs is 1. The SMILES string of the molecule is O=C(N(Cc1cc(C(F)(F)F)cc(C(F)(F)F)c1)Cc1cc2ccccc2[nH]c1=O)C1(CC2CC2)CCNC1. The van der Waals surface area contributed by atoms with Crippen molar-refractivity contribution in [2.45, 2.75) is 51.1 Å². The molecule has 0 bridgehead atoms. The Morgan fingerprint density at radius 2 is 1.62 bits per heavy atom. The van der Waals surface area contributed by atoms with Gasteiger partial charge in [-0.3, -0.25) is 9.59 Å². The fourth-order valence-corrected chi connectivity index (χ4v) is 5.44. The van der Waals surface area contributed by atoms with Gasteiger partial charge in [0.2, 0.25) is 5.91 Å². The van der Waals surface area contributed by atoms with Crippen molar-refractivity contribution in [3.8, 4) is 0 Å². The van der Waals surface area contributed by atoms with Crippen molar-refractivity contribution < 1.29 is 31.1 Å². The number of carbonyl (C=O) groups is 1. The Bertz CT molecular complexity index is 1400. The van der Waals surface area contributed by atoms with Crippen LogP contribution in [0.3, 0.4) is 0 Å². The Labute approximate surface area is 220 Å². The second-order valence-corrected chi connectivity index (χ2v) is 10.6. The molecule has 1 amide bonds. The lowest BCUT2D eigenvalue weighted by atomic mass is 9.80. The van der Waals surface area contributed by atoms with E-state index in [9.17, 15) is 35.9 Å². The average molecular weight is 552 g/mol. The van der Waals surface area contributed by atoms with Gasteiger partial charge in [-0.2, -0.15) is 26.3 Å². The zero-order valence-corrected chi connectivity index (χ0v) is 20.9. The maximum Gasteiger partial charge on any atom is 0.416 e. The summed E-state index contributed by atoms with van der Waals surface area (Å²) in [5, 5.41) is 3.88. The number of para-hydroxylation sites is 1. The molecule has 39 heavy (non-hydrogen) atoms. The smallest absolute Gasteiger partial charge is 0.333 e. The highest BCUT2D eigenvalue weighted by atomic mass is 19.4. The molecule has 5 rings (SSSR count). The van der Waals surface area contributed by atoms with E-state index in [1.54, 1.807) is 30.3 Å². The van der Waals surface area contributed by atoms with Gasteiger partial charge in [-0.05, 0) is 66.6 Å². The molecule has 1 aliphatic heterocycles. The molecule has 3 aromatic rings. The van der Waals surface area contributed by atoms with Crippen molar-refractivity contribution >= 4 is 16.8 Å². The van der Waals surface area contributed by atoms with Crippen molar-refractivity contribution in [1.82, 2.24) is 15.2 Å². The highest BCUT2D eigenvalue weighted by molar-refractivity contribution is 5.84. The number of nitrogens with zero attached hydrogens (tertiary/aromatic N) is 1. The number of aromatic amines is 1. The molecule has 2 aliphatic rings. The molecule has 2 N–H and O–H groups in total. The first-order chi connectivity index (χ1) is 18.3. The van der Waals surface area contributed by atoms with Crippen molar-refractivity contribution in [1.29, 1.82) is 0 Å². The second kappa shape index (κ2) is 10.0. The summed E-state index contributed by atoms with van der Waals surface area (Å²) in [5.41, 5.74) is -3.75. The summed E-state index contributed by atoms with van der Waals surface area (Å²) < 4.78 is 81.2. The molecular formula is C28H27F6N3O2. The molecule has 2 aromatic carbocycles. The van der Waals surface area contributed by atoms with Crippen LogP contribution in [0.2, 0.25) is 0 Å². The minimum absolute atomic E-state index is 0.0686. The van der Waals surface area contributed by atoms with Gasteiger partial charge < -0.3 is 15.2 Å². The first-order valence-electron chi connectivity index (χ1n) is 12.7. The van der Waals surface area contributed by atoms with Crippen molar-refractivity contribution in [2.24, 2.45) is 11.3 Å². The van der Waals surface area contributed by atoms with E-state index in [-0.39, 0.29) is 29.6 Å². The number of nitrogens with one attached hydrogen (secondary N) is 2. The number of alkyl halides is 6. The van der Waals surface area contributed by atoms with Crippen LogP contribution in [0.5, 0.6) is 0 Å². The monoisotopic (exact) mass is 551 g/mol. The Morgan fingerprint density at radius 3 is 2.21 bits per heavy atom. The van der Waals surface area contributed by atoms with Gasteiger partial charge in [-0.15, -0.1) is 0 Å². The number of H-pyrrole nitrogens is 1. The van der Waals surface area contributed by atoms with E-state index in [0.717, 1.165) is 12.8 Å². The van der Waals surface area contributed by atoms with Gasteiger partial charge >= 0.3 is 12.4 Å². The Hall–Kier alpha value is -3.34. The first kappa shape index (κ1) is 27.2. The van der Waals surface area contributed by atoms with Gasteiger partial charge in [0.1, 0.15) is 0 Å². The van der Waals surface area contributed by atoms with Crippen molar-refractivity contribution in [3.63, 3.8) is 0 Å². The van der Waals surface area contributed by atoms with Crippen LogP contribution in [0.25, 0.3) is 10.9 Å². The first-order valence-corrected chi connectivity index (χ1v) is 12.7. The van der Waals surface area contributed by atoms with Gasteiger partial charge in [0.15, 0.2) is 0 Å². The number of amides is 1. The quantitative estimate of drug-likeness (QED) is 0.361. The molecule has 1 saturated carbocycles.